The molecule has 1 aliphatic heterocycles. The van der Waals surface area contributed by atoms with Crippen molar-refractivity contribution in [1.29, 1.82) is 0 Å². The molecule has 8 nitrogen and oxygen atoms in total. The predicted octanol–water partition coefficient (Wildman–Crippen LogP) is 1.50. The van der Waals surface area contributed by atoms with E-state index in [1.807, 2.05) is 18.9 Å². The zero-order valence-corrected chi connectivity index (χ0v) is 16.7. The third-order valence-corrected chi connectivity index (χ3v) is 5.37. The van der Waals surface area contributed by atoms with Crippen molar-refractivity contribution in [2.24, 2.45) is 0 Å². The Kier molecular flexibility index (Phi) is 6.28. The number of anilines is 1. The molecular formula is C19H30N6O2. The number of aromatic amines is 1. The van der Waals surface area contributed by atoms with E-state index in [1.165, 1.54) is 5.56 Å². The lowest BCUT2D eigenvalue weighted by atomic mass is 10.0. The van der Waals surface area contributed by atoms with Gasteiger partial charge in [-0.1, -0.05) is 0 Å². The Bertz CT molecular complexity index is 795. The molecule has 3 heterocycles. The Balaban J connectivity index is 1.69. The van der Waals surface area contributed by atoms with Gasteiger partial charge < -0.3 is 9.64 Å². The average molecular weight is 374 g/mol. The van der Waals surface area contributed by atoms with E-state index in [1.54, 1.807) is 24.1 Å². The van der Waals surface area contributed by atoms with Crippen LogP contribution in [0.25, 0.3) is 0 Å². The summed E-state index contributed by atoms with van der Waals surface area (Å²) in [5.41, 5.74) is 4.21. The van der Waals surface area contributed by atoms with Crippen LogP contribution in [0.3, 0.4) is 0 Å². The molecule has 2 aromatic heterocycles. The number of likely N-dealkylation sites (N-methyl/N-ethyl adjacent to an activating group) is 1. The number of hydrogen-bond acceptors (Lipinski definition) is 6. The van der Waals surface area contributed by atoms with Gasteiger partial charge in [-0.3, -0.25) is 14.8 Å². The van der Waals surface area contributed by atoms with E-state index in [0.717, 1.165) is 56.1 Å². The summed E-state index contributed by atoms with van der Waals surface area (Å²) in [7, 11) is 3.61. The minimum absolute atomic E-state index is 0.0423. The molecule has 0 aromatic carbocycles. The fourth-order valence-electron chi connectivity index (χ4n) is 3.65. The molecule has 0 saturated carbocycles. The number of methoxy groups -OCH3 is 1. The fraction of sp³-hybridized carbons (Fsp3) is 0.632. The van der Waals surface area contributed by atoms with E-state index in [9.17, 15) is 4.79 Å². The summed E-state index contributed by atoms with van der Waals surface area (Å²) in [6, 6.07) is 1.78. The summed E-state index contributed by atoms with van der Waals surface area (Å²) in [6.45, 7) is 8.15. The van der Waals surface area contributed by atoms with Crippen molar-refractivity contribution in [1.82, 2.24) is 24.9 Å². The number of nitrogens with one attached hydrogen (secondary N) is 1. The SMILES string of the molecule is COCCN(C)c1cnn([C@@H]2CCCN(Cc3c(C)n[nH]c3C)C2)c(=O)c1. The van der Waals surface area contributed by atoms with Crippen molar-refractivity contribution >= 4 is 5.69 Å². The van der Waals surface area contributed by atoms with E-state index < -0.39 is 0 Å². The molecule has 1 aliphatic rings. The molecule has 2 aromatic rings. The second-order valence-corrected chi connectivity index (χ2v) is 7.35. The molecule has 1 saturated heterocycles. The van der Waals surface area contributed by atoms with Crippen LogP contribution in [-0.2, 0) is 11.3 Å². The molecule has 27 heavy (non-hydrogen) atoms. The van der Waals surface area contributed by atoms with Gasteiger partial charge in [-0.2, -0.15) is 10.2 Å². The van der Waals surface area contributed by atoms with Gasteiger partial charge in [-0.25, -0.2) is 4.68 Å². The summed E-state index contributed by atoms with van der Waals surface area (Å²) in [6.07, 6.45) is 3.82. The first-order valence-electron chi connectivity index (χ1n) is 9.51. The Hall–Kier alpha value is -2.19. The molecule has 0 amide bonds. The van der Waals surface area contributed by atoms with Gasteiger partial charge in [-0.15, -0.1) is 0 Å². The average Bonchev–Trinajstić information content (AvgIpc) is 2.98. The normalized spacial score (nSPS) is 18.0. The minimum Gasteiger partial charge on any atom is -0.383 e. The van der Waals surface area contributed by atoms with Gasteiger partial charge in [-0.05, 0) is 33.2 Å². The maximum Gasteiger partial charge on any atom is 0.269 e. The van der Waals surface area contributed by atoms with Crippen LogP contribution in [-0.4, -0.2) is 65.3 Å². The molecule has 0 radical (unpaired) electrons. The second kappa shape index (κ2) is 8.67. The van der Waals surface area contributed by atoms with Crippen molar-refractivity contribution in [3.05, 3.63) is 39.6 Å². The quantitative estimate of drug-likeness (QED) is 0.791. The van der Waals surface area contributed by atoms with Crippen LogP contribution >= 0.6 is 0 Å². The van der Waals surface area contributed by atoms with Crippen molar-refractivity contribution in [3.8, 4) is 0 Å². The standard InChI is InChI=1S/C19H30N6O2/c1-14-18(15(2)22-21-14)13-24-7-5-6-16(12-24)25-19(26)10-17(11-20-25)23(3)8-9-27-4/h10-11,16H,5-9,12-13H2,1-4H3,(H,21,22)/t16-/m1/s1. The molecule has 8 heteroatoms. The fourth-order valence-corrected chi connectivity index (χ4v) is 3.65. The van der Waals surface area contributed by atoms with Crippen LogP contribution < -0.4 is 10.5 Å². The molecule has 0 aliphatic carbocycles. The zero-order valence-electron chi connectivity index (χ0n) is 16.7. The zero-order chi connectivity index (χ0) is 19.4. The Morgan fingerprint density at radius 1 is 1.41 bits per heavy atom. The molecule has 1 N–H and O–H groups in total. The van der Waals surface area contributed by atoms with E-state index >= 15 is 0 Å². The molecule has 0 unspecified atom stereocenters. The van der Waals surface area contributed by atoms with E-state index in [0.29, 0.717) is 6.61 Å². The summed E-state index contributed by atoms with van der Waals surface area (Å²) >= 11 is 0. The topological polar surface area (TPSA) is 79.3 Å². The lowest BCUT2D eigenvalue weighted by Gasteiger charge is -2.33. The molecule has 148 valence electrons. The van der Waals surface area contributed by atoms with Crippen molar-refractivity contribution in [3.63, 3.8) is 0 Å². The molecule has 0 bridgehead atoms. The Morgan fingerprint density at radius 2 is 2.22 bits per heavy atom. The van der Waals surface area contributed by atoms with Gasteiger partial charge in [0.25, 0.3) is 5.56 Å². The molecule has 1 fully saturated rings. The van der Waals surface area contributed by atoms with Crippen LogP contribution in [0.2, 0.25) is 0 Å². The van der Waals surface area contributed by atoms with Gasteiger partial charge in [0.1, 0.15) is 0 Å². The largest absolute Gasteiger partial charge is 0.383 e. The lowest BCUT2D eigenvalue weighted by Crippen LogP contribution is -2.40. The third-order valence-electron chi connectivity index (χ3n) is 5.37. The van der Waals surface area contributed by atoms with Gasteiger partial charge in [0.15, 0.2) is 0 Å². The highest BCUT2D eigenvalue weighted by Crippen LogP contribution is 2.23. The number of likely N-dealkylation sites (tertiary alicyclic amines) is 1. The van der Waals surface area contributed by atoms with Crippen LogP contribution in [0.1, 0.15) is 35.8 Å². The molecule has 1 atom stereocenters. The number of ether oxygens (including phenoxy) is 1. The maximum absolute atomic E-state index is 12.7. The van der Waals surface area contributed by atoms with Gasteiger partial charge in [0.05, 0.1) is 30.2 Å². The minimum atomic E-state index is -0.0423. The van der Waals surface area contributed by atoms with Crippen molar-refractivity contribution < 1.29 is 4.74 Å². The lowest BCUT2D eigenvalue weighted by molar-refractivity contribution is 0.159. The van der Waals surface area contributed by atoms with Gasteiger partial charge in [0, 0.05) is 51.1 Å². The van der Waals surface area contributed by atoms with E-state index in [4.69, 9.17) is 4.74 Å². The summed E-state index contributed by atoms with van der Waals surface area (Å²) in [4.78, 5) is 17.0. The summed E-state index contributed by atoms with van der Waals surface area (Å²) in [5, 5.41) is 11.8. The first-order valence-corrected chi connectivity index (χ1v) is 9.51. The van der Waals surface area contributed by atoms with Crippen LogP contribution in [0.15, 0.2) is 17.1 Å². The molecular weight excluding hydrogens is 344 g/mol. The Morgan fingerprint density at radius 3 is 2.89 bits per heavy atom. The molecule has 3 rings (SSSR count). The molecule has 0 spiro atoms. The van der Waals surface area contributed by atoms with Crippen LogP contribution in [0, 0.1) is 13.8 Å². The highest BCUT2D eigenvalue weighted by Gasteiger charge is 2.24. The Labute approximate surface area is 160 Å². The van der Waals surface area contributed by atoms with E-state index in [2.05, 4.69) is 27.1 Å². The van der Waals surface area contributed by atoms with Crippen LogP contribution in [0.4, 0.5) is 5.69 Å². The van der Waals surface area contributed by atoms with Crippen molar-refractivity contribution in [2.45, 2.75) is 39.3 Å². The van der Waals surface area contributed by atoms with Gasteiger partial charge >= 0.3 is 0 Å². The highest BCUT2D eigenvalue weighted by molar-refractivity contribution is 5.41. The monoisotopic (exact) mass is 374 g/mol. The van der Waals surface area contributed by atoms with Gasteiger partial charge in [0.2, 0.25) is 0 Å². The second-order valence-electron chi connectivity index (χ2n) is 7.35. The highest BCUT2D eigenvalue weighted by atomic mass is 16.5. The maximum atomic E-state index is 12.7. The first kappa shape index (κ1) is 19.6. The number of nitrogens with zero attached hydrogens (tertiary/aromatic N) is 5. The number of aromatic nitrogens is 4. The number of piperidine rings is 1. The third kappa shape index (κ3) is 4.56. The van der Waals surface area contributed by atoms with E-state index in [-0.39, 0.29) is 11.6 Å². The number of aryl methyl sites for hydroxylation is 2. The summed E-state index contributed by atoms with van der Waals surface area (Å²) < 4.78 is 6.74. The van der Waals surface area contributed by atoms with Crippen molar-refractivity contribution in [2.75, 3.05) is 45.3 Å². The number of rotatable bonds is 7. The number of H-pyrrole nitrogens is 1. The number of hydrogen-bond donors (Lipinski definition) is 1. The van der Waals surface area contributed by atoms with Crippen LogP contribution in [0.5, 0.6) is 0 Å². The smallest absolute Gasteiger partial charge is 0.269 e. The predicted molar refractivity (Wildman–Crippen MR) is 105 cm³/mol. The first-order chi connectivity index (χ1) is 13.0. The summed E-state index contributed by atoms with van der Waals surface area (Å²) in [5.74, 6) is 0.